The van der Waals surface area contributed by atoms with Crippen LogP contribution in [0.3, 0.4) is 0 Å². The second-order valence-corrected chi connectivity index (χ2v) is 6.39. The third-order valence-corrected chi connectivity index (χ3v) is 4.65. The molecule has 0 N–H and O–H groups in total. The summed E-state index contributed by atoms with van der Waals surface area (Å²) in [4.78, 5) is 24.2. The highest BCUT2D eigenvalue weighted by Gasteiger charge is 2.23. The van der Waals surface area contributed by atoms with E-state index in [1.54, 1.807) is 6.92 Å². The summed E-state index contributed by atoms with van der Waals surface area (Å²) in [7, 11) is 0. The molecule has 1 aromatic carbocycles. The van der Waals surface area contributed by atoms with Gasteiger partial charge in [-0.05, 0) is 57.7 Å². The number of esters is 1. The summed E-state index contributed by atoms with van der Waals surface area (Å²) in [6.07, 6.45) is 1.87. The number of carbonyl (C=O) groups is 1. The van der Waals surface area contributed by atoms with Crippen LogP contribution < -0.4 is 10.4 Å². The van der Waals surface area contributed by atoms with Crippen molar-refractivity contribution in [3.8, 4) is 5.75 Å². The number of hydrogen-bond acceptors (Lipinski definition) is 6. The second kappa shape index (κ2) is 7.91. The fraction of sp³-hybridized carbons (Fsp3) is 0.500. The molecule has 2 aromatic rings. The van der Waals surface area contributed by atoms with Gasteiger partial charge in [0.25, 0.3) is 0 Å². The first-order chi connectivity index (χ1) is 12.5. The van der Waals surface area contributed by atoms with E-state index >= 15 is 0 Å². The number of aryl methyl sites for hydroxylation is 2. The topological polar surface area (TPSA) is 75.0 Å². The molecule has 0 radical (unpaired) electrons. The van der Waals surface area contributed by atoms with Crippen molar-refractivity contribution in [2.45, 2.75) is 46.1 Å². The van der Waals surface area contributed by atoms with Gasteiger partial charge in [0, 0.05) is 23.1 Å². The van der Waals surface area contributed by atoms with Crippen molar-refractivity contribution in [3.63, 3.8) is 0 Å². The molecule has 1 heterocycles. The Kier molecular flexibility index (Phi) is 5.61. The van der Waals surface area contributed by atoms with Gasteiger partial charge in [-0.1, -0.05) is 0 Å². The molecule has 1 aliphatic rings. The van der Waals surface area contributed by atoms with Crippen LogP contribution in [-0.2, 0) is 27.1 Å². The zero-order valence-electron chi connectivity index (χ0n) is 15.4. The average Bonchev–Trinajstić information content (AvgIpc) is 3.12. The molecule has 6 nitrogen and oxygen atoms in total. The van der Waals surface area contributed by atoms with Gasteiger partial charge in [0.15, 0.2) is 6.10 Å². The van der Waals surface area contributed by atoms with Gasteiger partial charge in [-0.2, -0.15) is 0 Å². The summed E-state index contributed by atoms with van der Waals surface area (Å²) in [5.74, 6) is 0.0486. The minimum absolute atomic E-state index is 0.193. The van der Waals surface area contributed by atoms with Crippen LogP contribution in [0.25, 0.3) is 11.0 Å². The lowest BCUT2D eigenvalue weighted by Gasteiger charge is -2.16. The summed E-state index contributed by atoms with van der Waals surface area (Å²) in [6, 6.07) is 3.72. The van der Waals surface area contributed by atoms with Gasteiger partial charge in [-0.3, -0.25) is 0 Å². The molecule has 140 valence electrons. The first kappa shape index (κ1) is 18.5. The highest BCUT2D eigenvalue weighted by atomic mass is 16.6. The molecule has 0 amide bonds. The smallest absolute Gasteiger partial charge is 0.347 e. The minimum atomic E-state index is -0.770. The van der Waals surface area contributed by atoms with Crippen LogP contribution in [0.15, 0.2) is 21.3 Å². The normalized spacial score (nSPS) is 14.3. The minimum Gasteiger partial charge on any atom is -0.479 e. The highest BCUT2D eigenvalue weighted by Crippen LogP contribution is 2.33. The molecule has 0 unspecified atom stereocenters. The van der Waals surface area contributed by atoms with E-state index in [0.717, 1.165) is 35.8 Å². The average molecular weight is 360 g/mol. The zero-order valence-corrected chi connectivity index (χ0v) is 15.4. The zero-order chi connectivity index (χ0) is 18.7. The first-order valence-corrected chi connectivity index (χ1v) is 9.02. The van der Waals surface area contributed by atoms with Gasteiger partial charge < -0.3 is 18.6 Å². The number of ether oxygens (including phenoxy) is 3. The van der Waals surface area contributed by atoms with E-state index in [-0.39, 0.29) is 12.2 Å². The molecule has 6 heteroatoms. The van der Waals surface area contributed by atoms with Crippen LogP contribution >= 0.6 is 0 Å². The van der Waals surface area contributed by atoms with Gasteiger partial charge in [-0.25, -0.2) is 9.59 Å². The Morgan fingerprint density at radius 2 is 2.00 bits per heavy atom. The van der Waals surface area contributed by atoms with E-state index in [4.69, 9.17) is 18.6 Å². The lowest BCUT2D eigenvalue weighted by Crippen LogP contribution is -2.27. The predicted molar refractivity (Wildman–Crippen MR) is 96.8 cm³/mol. The SMILES string of the molecule is CCOCCOC(=O)[C@H](C)Oc1ccc2c3c(c(=O)oc2c1C)CCC3. The Labute approximate surface area is 152 Å². The highest BCUT2D eigenvalue weighted by molar-refractivity contribution is 5.86. The second-order valence-electron chi connectivity index (χ2n) is 6.39. The van der Waals surface area contributed by atoms with Crippen molar-refractivity contribution >= 4 is 16.9 Å². The van der Waals surface area contributed by atoms with Crippen LogP contribution in [0.5, 0.6) is 5.75 Å². The summed E-state index contributed by atoms with van der Waals surface area (Å²) < 4.78 is 21.6. The van der Waals surface area contributed by atoms with Gasteiger partial charge in [-0.15, -0.1) is 0 Å². The third kappa shape index (κ3) is 3.60. The largest absolute Gasteiger partial charge is 0.479 e. The number of carbonyl (C=O) groups excluding carboxylic acids is 1. The maximum absolute atomic E-state index is 12.2. The van der Waals surface area contributed by atoms with Crippen LogP contribution in [0, 0.1) is 6.92 Å². The van der Waals surface area contributed by atoms with Crippen molar-refractivity contribution in [1.82, 2.24) is 0 Å². The van der Waals surface area contributed by atoms with Crippen molar-refractivity contribution in [3.05, 3.63) is 39.2 Å². The van der Waals surface area contributed by atoms with Crippen molar-refractivity contribution in [1.29, 1.82) is 0 Å². The summed E-state index contributed by atoms with van der Waals surface area (Å²) >= 11 is 0. The maximum atomic E-state index is 12.2. The summed E-state index contributed by atoms with van der Waals surface area (Å²) in [6.45, 7) is 6.47. The van der Waals surface area contributed by atoms with Crippen LogP contribution in [0.1, 0.15) is 37.0 Å². The monoisotopic (exact) mass is 360 g/mol. The molecule has 0 saturated heterocycles. The van der Waals surface area contributed by atoms with Gasteiger partial charge in [0.1, 0.15) is 17.9 Å². The maximum Gasteiger partial charge on any atom is 0.347 e. The molecule has 0 aliphatic heterocycles. The van der Waals surface area contributed by atoms with E-state index in [9.17, 15) is 9.59 Å². The Bertz CT molecular complexity index is 867. The van der Waals surface area contributed by atoms with E-state index in [1.807, 2.05) is 26.0 Å². The molecule has 0 spiro atoms. The molecule has 0 fully saturated rings. The molecular weight excluding hydrogens is 336 g/mol. The van der Waals surface area contributed by atoms with Gasteiger partial charge in [0.05, 0.1) is 6.61 Å². The van der Waals surface area contributed by atoms with Crippen LogP contribution in [0.4, 0.5) is 0 Å². The molecule has 1 aliphatic carbocycles. The molecule has 26 heavy (non-hydrogen) atoms. The summed E-state index contributed by atoms with van der Waals surface area (Å²) in [5.41, 5.74) is 2.84. The lowest BCUT2D eigenvalue weighted by atomic mass is 10.0. The number of benzene rings is 1. The number of fused-ring (bicyclic) bond motifs is 3. The standard InChI is InChI=1S/C20H24O6/c1-4-23-10-11-24-19(21)13(3)25-17-9-8-15-14-6-5-7-16(14)20(22)26-18(15)12(17)2/h8-9,13H,4-7,10-11H2,1-3H3/t13-/m0/s1. The van der Waals surface area contributed by atoms with Crippen molar-refractivity contribution < 1.29 is 23.4 Å². The van der Waals surface area contributed by atoms with Crippen LogP contribution in [-0.4, -0.2) is 31.9 Å². The fourth-order valence-electron chi connectivity index (χ4n) is 3.29. The Morgan fingerprint density at radius 3 is 2.77 bits per heavy atom. The quantitative estimate of drug-likeness (QED) is 0.429. The van der Waals surface area contributed by atoms with E-state index in [2.05, 4.69) is 0 Å². The fourth-order valence-corrected chi connectivity index (χ4v) is 3.29. The van der Waals surface area contributed by atoms with E-state index in [1.165, 1.54) is 0 Å². The Morgan fingerprint density at radius 1 is 1.23 bits per heavy atom. The first-order valence-electron chi connectivity index (χ1n) is 9.02. The van der Waals surface area contributed by atoms with E-state index in [0.29, 0.717) is 30.1 Å². The molecule has 0 saturated carbocycles. The number of rotatable bonds is 7. The molecule has 1 atom stereocenters. The van der Waals surface area contributed by atoms with Crippen molar-refractivity contribution in [2.75, 3.05) is 19.8 Å². The predicted octanol–water partition coefficient (Wildman–Crippen LogP) is 2.94. The summed E-state index contributed by atoms with van der Waals surface area (Å²) in [5, 5.41) is 0.953. The van der Waals surface area contributed by atoms with E-state index < -0.39 is 12.1 Å². The Balaban J connectivity index is 1.79. The molecule has 1 aromatic heterocycles. The van der Waals surface area contributed by atoms with Gasteiger partial charge in [0.2, 0.25) is 0 Å². The number of hydrogen-bond donors (Lipinski definition) is 0. The third-order valence-electron chi connectivity index (χ3n) is 4.65. The lowest BCUT2D eigenvalue weighted by molar-refractivity contribution is -0.152. The molecule has 0 bridgehead atoms. The van der Waals surface area contributed by atoms with Crippen LogP contribution in [0.2, 0.25) is 0 Å². The molecular formula is C20H24O6. The van der Waals surface area contributed by atoms with Crippen molar-refractivity contribution in [2.24, 2.45) is 0 Å². The van der Waals surface area contributed by atoms with Gasteiger partial charge >= 0.3 is 11.6 Å². The molecule has 3 rings (SSSR count). The Hall–Kier alpha value is -2.34.